The summed E-state index contributed by atoms with van der Waals surface area (Å²) >= 11 is 0. The van der Waals surface area contributed by atoms with Crippen molar-refractivity contribution in [2.24, 2.45) is 0 Å². The molecule has 1 atom stereocenters. The highest BCUT2D eigenvalue weighted by Crippen LogP contribution is 2.16. The Bertz CT molecular complexity index is 389. The van der Waals surface area contributed by atoms with Gasteiger partial charge in [0.25, 0.3) is 0 Å². The van der Waals surface area contributed by atoms with Crippen molar-refractivity contribution >= 4 is 11.6 Å². The van der Waals surface area contributed by atoms with Crippen molar-refractivity contribution in [1.29, 1.82) is 0 Å². The summed E-state index contributed by atoms with van der Waals surface area (Å²) in [5.74, 6) is 0.575. The molecule has 1 aromatic heterocycles. The van der Waals surface area contributed by atoms with Gasteiger partial charge in [0.1, 0.15) is 12.4 Å². The van der Waals surface area contributed by atoms with Gasteiger partial charge in [0.05, 0.1) is 18.1 Å². The van der Waals surface area contributed by atoms with Gasteiger partial charge in [-0.1, -0.05) is 0 Å². The van der Waals surface area contributed by atoms with E-state index < -0.39 is 0 Å². The Morgan fingerprint density at radius 1 is 1.65 bits per heavy atom. The Kier molecular flexibility index (Phi) is 3.93. The fourth-order valence-corrected chi connectivity index (χ4v) is 1.87. The molecule has 0 aromatic carbocycles. The zero-order chi connectivity index (χ0) is 12.1. The number of amides is 1. The van der Waals surface area contributed by atoms with E-state index in [-0.39, 0.29) is 5.91 Å². The van der Waals surface area contributed by atoms with E-state index in [1.54, 1.807) is 18.5 Å². The topological polar surface area (TPSA) is 63.2 Å². The summed E-state index contributed by atoms with van der Waals surface area (Å²) in [6.45, 7) is 3.18. The summed E-state index contributed by atoms with van der Waals surface area (Å²) in [6, 6.07) is 2.21. The second-order valence-electron chi connectivity index (χ2n) is 4.19. The molecule has 1 fully saturated rings. The number of ether oxygens (including phenoxy) is 1. The van der Waals surface area contributed by atoms with Crippen LogP contribution in [0.1, 0.15) is 19.8 Å². The lowest BCUT2D eigenvalue weighted by molar-refractivity contribution is -0.114. The molecule has 0 aliphatic carbocycles. The first kappa shape index (κ1) is 11.9. The highest BCUT2D eigenvalue weighted by atomic mass is 16.5. The van der Waals surface area contributed by atoms with E-state index in [0.29, 0.717) is 24.1 Å². The number of anilines is 1. The smallest absolute Gasteiger partial charge is 0.221 e. The standard InChI is InChI=1S/C12H17N3O2/c1-9(16)15-11-5-12(7-13-6-11)17-8-10-3-2-4-14-10/h5-7,10,14H,2-4,8H2,1H3,(H,15,16). The third-order valence-electron chi connectivity index (χ3n) is 2.65. The van der Waals surface area contributed by atoms with Crippen LogP contribution in [0.3, 0.4) is 0 Å². The summed E-state index contributed by atoms with van der Waals surface area (Å²) in [6.07, 6.45) is 5.61. The molecule has 2 N–H and O–H groups in total. The number of pyridine rings is 1. The normalized spacial score (nSPS) is 19.0. The van der Waals surface area contributed by atoms with Crippen molar-refractivity contribution in [3.05, 3.63) is 18.5 Å². The Morgan fingerprint density at radius 3 is 3.24 bits per heavy atom. The Balaban J connectivity index is 1.88. The minimum atomic E-state index is -0.110. The van der Waals surface area contributed by atoms with Gasteiger partial charge in [0.2, 0.25) is 5.91 Å². The number of nitrogens with one attached hydrogen (secondary N) is 2. The molecule has 2 rings (SSSR count). The summed E-state index contributed by atoms with van der Waals surface area (Å²) in [5.41, 5.74) is 0.661. The van der Waals surface area contributed by atoms with Crippen LogP contribution >= 0.6 is 0 Å². The van der Waals surface area contributed by atoms with Crippen LogP contribution in [0.25, 0.3) is 0 Å². The average molecular weight is 235 g/mol. The van der Waals surface area contributed by atoms with Crippen LogP contribution in [-0.4, -0.2) is 30.1 Å². The maximum absolute atomic E-state index is 10.9. The molecular formula is C12H17N3O2. The molecule has 92 valence electrons. The van der Waals surface area contributed by atoms with E-state index in [0.717, 1.165) is 13.0 Å². The molecule has 0 spiro atoms. The van der Waals surface area contributed by atoms with Crippen molar-refractivity contribution in [1.82, 2.24) is 10.3 Å². The van der Waals surface area contributed by atoms with Gasteiger partial charge < -0.3 is 15.4 Å². The number of rotatable bonds is 4. The molecule has 1 saturated heterocycles. The number of aromatic nitrogens is 1. The molecule has 1 aliphatic rings. The lowest BCUT2D eigenvalue weighted by Gasteiger charge is -2.12. The quantitative estimate of drug-likeness (QED) is 0.822. The van der Waals surface area contributed by atoms with Crippen LogP contribution in [0.5, 0.6) is 5.75 Å². The highest BCUT2D eigenvalue weighted by molar-refractivity contribution is 5.88. The van der Waals surface area contributed by atoms with E-state index in [2.05, 4.69) is 15.6 Å². The first-order chi connectivity index (χ1) is 8.24. The SMILES string of the molecule is CC(=O)Nc1cncc(OCC2CCCN2)c1. The van der Waals surface area contributed by atoms with Gasteiger partial charge >= 0.3 is 0 Å². The largest absolute Gasteiger partial charge is 0.490 e. The Hall–Kier alpha value is -1.62. The predicted molar refractivity (Wildman–Crippen MR) is 65.1 cm³/mol. The van der Waals surface area contributed by atoms with E-state index in [1.165, 1.54) is 13.3 Å². The third-order valence-corrected chi connectivity index (χ3v) is 2.65. The summed E-state index contributed by atoms with van der Waals surface area (Å²) in [7, 11) is 0. The van der Waals surface area contributed by atoms with Gasteiger partial charge in [-0.25, -0.2) is 0 Å². The lowest BCUT2D eigenvalue weighted by atomic mass is 10.2. The maximum atomic E-state index is 10.9. The Morgan fingerprint density at radius 2 is 2.53 bits per heavy atom. The molecule has 1 amide bonds. The monoisotopic (exact) mass is 235 g/mol. The number of carbonyl (C=O) groups excluding carboxylic acids is 1. The van der Waals surface area contributed by atoms with Gasteiger partial charge in [-0.05, 0) is 19.4 Å². The molecule has 1 aliphatic heterocycles. The number of hydrogen-bond acceptors (Lipinski definition) is 4. The number of carbonyl (C=O) groups is 1. The Labute approximate surface area is 101 Å². The fourth-order valence-electron chi connectivity index (χ4n) is 1.87. The molecule has 0 radical (unpaired) electrons. The molecule has 2 heterocycles. The van der Waals surface area contributed by atoms with Crippen LogP contribution in [0, 0.1) is 0 Å². The minimum absolute atomic E-state index is 0.110. The van der Waals surface area contributed by atoms with Gasteiger partial charge in [0, 0.05) is 19.0 Å². The first-order valence-corrected chi connectivity index (χ1v) is 5.83. The van der Waals surface area contributed by atoms with Gasteiger partial charge in [-0.3, -0.25) is 9.78 Å². The van der Waals surface area contributed by atoms with E-state index in [1.807, 2.05) is 0 Å². The second kappa shape index (κ2) is 5.63. The molecule has 17 heavy (non-hydrogen) atoms. The number of hydrogen-bond donors (Lipinski definition) is 2. The third kappa shape index (κ3) is 3.71. The lowest BCUT2D eigenvalue weighted by Crippen LogP contribution is -2.28. The van der Waals surface area contributed by atoms with Crippen molar-refractivity contribution in [2.75, 3.05) is 18.5 Å². The minimum Gasteiger partial charge on any atom is -0.490 e. The molecule has 5 nitrogen and oxygen atoms in total. The zero-order valence-electron chi connectivity index (χ0n) is 9.90. The molecule has 0 saturated carbocycles. The van der Waals surface area contributed by atoms with Gasteiger partial charge in [0.15, 0.2) is 0 Å². The summed E-state index contributed by atoms with van der Waals surface area (Å²) in [5, 5.41) is 6.03. The van der Waals surface area contributed by atoms with E-state index in [4.69, 9.17) is 4.74 Å². The second-order valence-corrected chi connectivity index (χ2v) is 4.19. The highest BCUT2D eigenvalue weighted by Gasteiger charge is 2.14. The van der Waals surface area contributed by atoms with Crippen molar-refractivity contribution in [2.45, 2.75) is 25.8 Å². The van der Waals surface area contributed by atoms with Crippen LogP contribution < -0.4 is 15.4 Å². The van der Waals surface area contributed by atoms with Crippen LogP contribution in [0.2, 0.25) is 0 Å². The first-order valence-electron chi connectivity index (χ1n) is 5.83. The van der Waals surface area contributed by atoms with Crippen molar-refractivity contribution in [3.8, 4) is 5.75 Å². The van der Waals surface area contributed by atoms with Crippen molar-refractivity contribution < 1.29 is 9.53 Å². The summed E-state index contributed by atoms with van der Waals surface area (Å²) in [4.78, 5) is 14.9. The molecular weight excluding hydrogens is 218 g/mol. The average Bonchev–Trinajstić information content (AvgIpc) is 2.79. The van der Waals surface area contributed by atoms with Crippen molar-refractivity contribution in [3.63, 3.8) is 0 Å². The van der Waals surface area contributed by atoms with E-state index >= 15 is 0 Å². The fraction of sp³-hybridized carbons (Fsp3) is 0.500. The maximum Gasteiger partial charge on any atom is 0.221 e. The van der Waals surface area contributed by atoms with Crippen LogP contribution in [-0.2, 0) is 4.79 Å². The molecule has 0 bridgehead atoms. The van der Waals surface area contributed by atoms with Gasteiger partial charge in [-0.2, -0.15) is 0 Å². The molecule has 5 heteroatoms. The summed E-state index contributed by atoms with van der Waals surface area (Å²) < 4.78 is 5.64. The van der Waals surface area contributed by atoms with Crippen LogP contribution in [0.15, 0.2) is 18.5 Å². The molecule has 1 aromatic rings. The zero-order valence-corrected chi connectivity index (χ0v) is 9.90. The molecule has 1 unspecified atom stereocenters. The van der Waals surface area contributed by atoms with Gasteiger partial charge in [-0.15, -0.1) is 0 Å². The number of nitrogens with zero attached hydrogens (tertiary/aromatic N) is 1. The van der Waals surface area contributed by atoms with E-state index in [9.17, 15) is 4.79 Å². The predicted octanol–water partition coefficient (Wildman–Crippen LogP) is 1.17. The van der Waals surface area contributed by atoms with Crippen LogP contribution in [0.4, 0.5) is 5.69 Å².